The minimum absolute atomic E-state index is 0.262. The van der Waals surface area contributed by atoms with Gasteiger partial charge in [-0.05, 0) is 19.2 Å². The number of rotatable bonds is 5. The standard InChI is InChI=1S/C22H23FN8O2/c1-30-5-7-31(8-6-30)19-4-3-13(12-24-19)22(32)26-18-11-17(28-29-18)21-25-16-10-14(33-2)9-15(23)20(16)27-21/h3-4,9-12H,5-8H2,1-2H3,(H,25,27)(H2,26,28,29,32). The van der Waals surface area contributed by atoms with Crippen molar-refractivity contribution in [2.24, 2.45) is 0 Å². The summed E-state index contributed by atoms with van der Waals surface area (Å²) in [5, 5.41) is 9.66. The van der Waals surface area contributed by atoms with E-state index in [2.05, 4.69) is 47.3 Å². The number of fused-ring (bicyclic) bond motifs is 1. The SMILES string of the molecule is COc1cc(F)c2[nH]c(-c3cc(NC(=O)c4ccc(N5CCN(C)CC5)nc4)n[nH]3)nc2c1. The molecule has 0 radical (unpaired) electrons. The molecule has 3 N–H and O–H groups in total. The molecule has 0 bridgehead atoms. The number of aromatic amines is 2. The van der Waals surface area contributed by atoms with Gasteiger partial charge in [0.15, 0.2) is 17.5 Å². The molecule has 1 amide bonds. The van der Waals surface area contributed by atoms with Gasteiger partial charge in [0.2, 0.25) is 0 Å². The van der Waals surface area contributed by atoms with Crippen molar-refractivity contribution >= 4 is 28.6 Å². The Balaban J connectivity index is 1.28. The molecule has 4 aromatic rings. The number of carbonyl (C=O) groups excluding carboxylic acids is 1. The van der Waals surface area contributed by atoms with Crippen molar-refractivity contribution in [3.63, 3.8) is 0 Å². The number of ether oxygens (including phenoxy) is 1. The number of imidazole rings is 1. The molecule has 11 heteroatoms. The van der Waals surface area contributed by atoms with Gasteiger partial charge in [-0.25, -0.2) is 14.4 Å². The summed E-state index contributed by atoms with van der Waals surface area (Å²) in [5.74, 6) is 1.15. The first-order valence-corrected chi connectivity index (χ1v) is 10.5. The molecule has 1 saturated heterocycles. The molecule has 1 aliphatic rings. The molecule has 1 fully saturated rings. The highest BCUT2D eigenvalue weighted by Gasteiger charge is 2.17. The Morgan fingerprint density at radius 3 is 2.73 bits per heavy atom. The summed E-state index contributed by atoms with van der Waals surface area (Å²) in [6.07, 6.45) is 1.56. The van der Waals surface area contributed by atoms with Crippen LogP contribution in [0.1, 0.15) is 10.4 Å². The monoisotopic (exact) mass is 450 g/mol. The van der Waals surface area contributed by atoms with Crippen LogP contribution in [0.3, 0.4) is 0 Å². The molecule has 5 rings (SSSR count). The zero-order valence-corrected chi connectivity index (χ0v) is 18.2. The number of anilines is 2. The molecule has 0 aliphatic carbocycles. The molecule has 33 heavy (non-hydrogen) atoms. The molecule has 0 saturated carbocycles. The van der Waals surface area contributed by atoms with Gasteiger partial charge in [0.1, 0.15) is 22.8 Å². The third-order valence-corrected chi connectivity index (χ3v) is 5.67. The Labute approximate surface area is 188 Å². The molecule has 170 valence electrons. The lowest BCUT2D eigenvalue weighted by atomic mass is 10.2. The second-order valence-electron chi connectivity index (χ2n) is 7.91. The number of likely N-dealkylation sites (N-methyl/N-ethyl adjacent to an activating group) is 1. The van der Waals surface area contributed by atoms with Gasteiger partial charge in [0.25, 0.3) is 5.91 Å². The van der Waals surface area contributed by atoms with E-state index in [1.165, 1.54) is 13.2 Å². The lowest BCUT2D eigenvalue weighted by molar-refractivity contribution is 0.102. The molecule has 1 aliphatic heterocycles. The van der Waals surface area contributed by atoms with Crippen molar-refractivity contribution in [2.75, 3.05) is 50.6 Å². The van der Waals surface area contributed by atoms with Gasteiger partial charge in [-0.3, -0.25) is 9.89 Å². The van der Waals surface area contributed by atoms with Crippen molar-refractivity contribution < 1.29 is 13.9 Å². The summed E-state index contributed by atoms with van der Waals surface area (Å²) in [6, 6.07) is 8.14. The first-order valence-electron chi connectivity index (χ1n) is 10.5. The second kappa shape index (κ2) is 8.51. The first-order chi connectivity index (χ1) is 16.0. The van der Waals surface area contributed by atoms with E-state index in [1.54, 1.807) is 24.4 Å². The number of nitrogens with one attached hydrogen (secondary N) is 3. The summed E-state index contributed by atoms with van der Waals surface area (Å²) in [7, 11) is 3.57. The van der Waals surface area contributed by atoms with Gasteiger partial charge >= 0.3 is 0 Å². The summed E-state index contributed by atoms with van der Waals surface area (Å²) in [6.45, 7) is 3.78. The van der Waals surface area contributed by atoms with Crippen LogP contribution in [0.5, 0.6) is 5.75 Å². The Bertz CT molecular complexity index is 1290. The predicted octanol–water partition coefficient (Wildman–Crippen LogP) is 2.50. The largest absolute Gasteiger partial charge is 0.497 e. The molecule has 0 atom stereocenters. The fraction of sp³-hybridized carbons (Fsp3) is 0.273. The van der Waals surface area contributed by atoms with Crippen molar-refractivity contribution in [3.8, 4) is 17.3 Å². The molecular formula is C22H23FN8O2. The summed E-state index contributed by atoms with van der Waals surface area (Å²) in [5.41, 5.74) is 1.62. The minimum atomic E-state index is -0.469. The van der Waals surface area contributed by atoms with Gasteiger partial charge in [-0.2, -0.15) is 5.10 Å². The first kappa shape index (κ1) is 20.9. The van der Waals surface area contributed by atoms with E-state index in [0.717, 1.165) is 32.0 Å². The Kier molecular flexibility index (Phi) is 5.38. The van der Waals surface area contributed by atoms with Crippen LogP contribution in [0.4, 0.5) is 16.0 Å². The van der Waals surface area contributed by atoms with Gasteiger partial charge in [0.05, 0.1) is 18.2 Å². The lowest BCUT2D eigenvalue weighted by Gasteiger charge is -2.33. The lowest BCUT2D eigenvalue weighted by Crippen LogP contribution is -2.44. The fourth-order valence-electron chi connectivity index (χ4n) is 3.73. The van der Waals surface area contributed by atoms with Crippen LogP contribution in [0, 0.1) is 5.82 Å². The van der Waals surface area contributed by atoms with Gasteiger partial charge in [0, 0.05) is 50.6 Å². The van der Waals surface area contributed by atoms with Crippen LogP contribution < -0.4 is 15.0 Å². The second-order valence-corrected chi connectivity index (χ2v) is 7.91. The van der Waals surface area contributed by atoms with E-state index >= 15 is 0 Å². The number of amides is 1. The fourth-order valence-corrected chi connectivity index (χ4v) is 3.73. The number of piperazine rings is 1. The number of hydrogen-bond donors (Lipinski definition) is 3. The topological polar surface area (TPSA) is 115 Å². The molecule has 10 nitrogen and oxygen atoms in total. The highest BCUT2D eigenvalue weighted by atomic mass is 19.1. The average molecular weight is 450 g/mol. The predicted molar refractivity (Wildman–Crippen MR) is 122 cm³/mol. The van der Waals surface area contributed by atoms with Crippen LogP contribution in [0.2, 0.25) is 0 Å². The maximum absolute atomic E-state index is 14.2. The summed E-state index contributed by atoms with van der Waals surface area (Å²) >= 11 is 0. The number of methoxy groups -OCH3 is 1. The Morgan fingerprint density at radius 2 is 2.00 bits per heavy atom. The van der Waals surface area contributed by atoms with E-state index in [4.69, 9.17) is 4.74 Å². The van der Waals surface area contributed by atoms with Crippen LogP contribution in [0.15, 0.2) is 36.5 Å². The molecular weight excluding hydrogens is 427 g/mol. The molecule has 0 unspecified atom stereocenters. The number of hydrogen-bond acceptors (Lipinski definition) is 7. The highest BCUT2D eigenvalue weighted by Crippen LogP contribution is 2.26. The van der Waals surface area contributed by atoms with Crippen molar-refractivity contribution in [1.82, 2.24) is 30.0 Å². The maximum atomic E-state index is 14.2. The number of benzene rings is 1. The quantitative estimate of drug-likeness (QED) is 0.428. The van der Waals surface area contributed by atoms with E-state index < -0.39 is 5.82 Å². The Hall–Kier alpha value is -3.99. The van der Waals surface area contributed by atoms with Crippen LogP contribution in [0.25, 0.3) is 22.6 Å². The van der Waals surface area contributed by atoms with E-state index in [0.29, 0.717) is 34.2 Å². The molecule has 4 heterocycles. The molecule has 1 aromatic carbocycles. The zero-order valence-electron chi connectivity index (χ0n) is 18.2. The van der Waals surface area contributed by atoms with Crippen molar-refractivity contribution in [1.29, 1.82) is 0 Å². The third kappa shape index (κ3) is 4.22. The average Bonchev–Trinajstić information content (AvgIpc) is 3.47. The molecule has 3 aromatic heterocycles. The summed E-state index contributed by atoms with van der Waals surface area (Å²) in [4.78, 5) is 28.9. The van der Waals surface area contributed by atoms with Crippen molar-refractivity contribution in [2.45, 2.75) is 0 Å². The summed E-state index contributed by atoms with van der Waals surface area (Å²) < 4.78 is 19.3. The Morgan fingerprint density at radius 1 is 1.18 bits per heavy atom. The van der Waals surface area contributed by atoms with Gasteiger partial charge in [-0.1, -0.05) is 0 Å². The van der Waals surface area contributed by atoms with E-state index in [1.807, 2.05) is 6.07 Å². The van der Waals surface area contributed by atoms with Crippen molar-refractivity contribution in [3.05, 3.63) is 47.9 Å². The normalized spacial score (nSPS) is 14.6. The maximum Gasteiger partial charge on any atom is 0.258 e. The number of H-pyrrole nitrogens is 2. The highest BCUT2D eigenvalue weighted by molar-refractivity contribution is 6.03. The van der Waals surface area contributed by atoms with Crippen LogP contribution in [-0.4, -0.2) is 76.3 Å². The van der Waals surface area contributed by atoms with Gasteiger partial charge in [-0.15, -0.1) is 0 Å². The molecule has 0 spiro atoms. The van der Waals surface area contributed by atoms with Gasteiger partial charge < -0.3 is 24.8 Å². The number of nitrogens with zero attached hydrogens (tertiary/aromatic N) is 5. The zero-order chi connectivity index (χ0) is 22.9. The smallest absolute Gasteiger partial charge is 0.258 e. The van der Waals surface area contributed by atoms with E-state index in [-0.39, 0.29) is 11.4 Å². The number of carbonyl (C=O) groups is 1. The van der Waals surface area contributed by atoms with Crippen LogP contribution in [-0.2, 0) is 0 Å². The van der Waals surface area contributed by atoms with E-state index in [9.17, 15) is 9.18 Å². The number of aromatic nitrogens is 5. The number of pyridine rings is 1. The van der Waals surface area contributed by atoms with Crippen LogP contribution >= 0.6 is 0 Å². The number of halogens is 1. The minimum Gasteiger partial charge on any atom is -0.497 e. The third-order valence-electron chi connectivity index (χ3n) is 5.67.